The van der Waals surface area contributed by atoms with E-state index in [4.69, 9.17) is 9.47 Å². The lowest BCUT2D eigenvalue weighted by atomic mass is 10.2. The molecule has 7 heteroatoms. The average molecular weight is 463 g/mol. The minimum atomic E-state index is -0.451. The van der Waals surface area contributed by atoms with Gasteiger partial charge in [0.15, 0.2) is 6.61 Å². The normalized spacial score (nSPS) is 10.3. The topological polar surface area (TPSA) is 76.7 Å². The van der Waals surface area contributed by atoms with Crippen LogP contribution in [-0.4, -0.2) is 25.0 Å². The Morgan fingerprint density at radius 1 is 0.966 bits per heavy atom. The number of aryl methyl sites for hydroxylation is 1. The molecule has 0 saturated heterocycles. The first kappa shape index (κ1) is 22.7. The number of amides is 2. The second-order valence-electron chi connectivity index (χ2n) is 6.61. The van der Waals surface area contributed by atoms with Crippen LogP contribution in [0.15, 0.2) is 46.9 Å². The van der Waals surface area contributed by atoms with Crippen molar-refractivity contribution in [1.29, 1.82) is 0 Å². The summed E-state index contributed by atoms with van der Waals surface area (Å²) in [5.74, 6) is 0.439. The number of hydrogen-bond acceptors (Lipinski definition) is 4. The van der Waals surface area contributed by atoms with Crippen LogP contribution in [0.4, 0.5) is 0 Å². The van der Waals surface area contributed by atoms with Gasteiger partial charge in [0.25, 0.3) is 11.8 Å². The third-order valence-electron chi connectivity index (χ3n) is 4.22. The second kappa shape index (κ2) is 12.1. The number of benzene rings is 2. The Morgan fingerprint density at radius 2 is 1.76 bits per heavy atom. The molecule has 2 rings (SSSR count). The van der Waals surface area contributed by atoms with Crippen LogP contribution in [0.1, 0.15) is 48.5 Å². The van der Waals surface area contributed by atoms with E-state index < -0.39 is 11.8 Å². The number of hydrogen-bond donors (Lipinski definition) is 2. The highest BCUT2D eigenvalue weighted by Gasteiger charge is 2.11. The van der Waals surface area contributed by atoms with Crippen molar-refractivity contribution in [2.75, 3.05) is 13.2 Å². The summed E-state index contributed by atoms with van der Waals surface area (Å²) in [5.41, 5.74) is 6.06. The third-order valence-corrected chi connectivity index (χ3v) is 4.84. The van der Waals surface area contributed by atoms with Gasteiger partial charge >= 0.3 is 0 Å². The van der Waals surface area contributed by atoms with Crippen LogP contribution in [0.3, 0.4) is 0 Å². The lowest BCUT2D eigenvalue weighted by molar-refractivity contribution is -0.123. The first-order valence-electron chi connectivity index (χ1n) is 9.71. The Hall–Kier alpha value is -2.54. The van der Waals surface area contributed by atoms with Gasteiger partial charge in [0, 0.05) is 5.56 Å². The maximum absolute atomic E-state index is 12.2. The maximum Gasteiger partial charge on any atom is 0.276 e. The summed E-state index contributed by atoms with van der Waals surface area (Å²) >= 11 is 3.42. The summed E-state index contributed by atoms with van der Waals surface area (Å²) in [6, 6.07) is 12.4. The molecule has 0 bridgehead atoms. The van der Waals surface area contributed by atoms with Gasteiger partial charge < -0.3 is 9.47 Å². The number of rotatable bonds is 10. The number of nitrogens with one attached hydrogen (secondary N) is 2. The van der Waals surface area contributed by atoms with E-state index in [9.17, 15) is 9.59 Å². The highest BCUT2D eigenvalue weighted by molar-refractivity contribution is 9.10. The molecule has 0 saturated carbocycles. The summed E-state index contributed by atoms with van der Waals surface area (Å²) in [4.78, 5) is 24.1. The molecular formula is C22H27BrN2O4. The molecule has 0 atom stereocenters. The number of para-hydroxylation sites is 1. The molecular weight excluding hydrogens is 436 g/mol. The molecule has 29 heavy (non-hydrogen) atoms. The number of ether oxygens (including phenoxy) is 2. The minimum absolute atomic E-state index is 0.195. The van der Waals surface area contributed by atoms with Crippen LogP contribution in [0.25, 0.3) is 0 Å². The van der Waals surface area contributed by atoms with E-state index in [1.807, 2.05) is 25.1 Å². The fourth-order valence-corrected chi connectivity index (χ4v) is 3.06. The van der Waals surface area contributed by atoms with Crippen molar-refractivity contribution < 1.29 is 19.1 Å². The monoisotopic (exact) mass is 462 g/mol. The molecule has 0 heterocycles. The van der Waals surface area contributed by atoms with Crippen molar-refractivity contribution in [2.24, 2.45) is 0 Å². The van der Waals surface area contributed by atoms with E-state index >= 15 is 0 Å². The number of hydrazine groups is 1. The summed E-state index contributed by atoms with van der Waals surface area (Å²) < 4.78 is 11.9. The van der Waals surface area contributed by atoms with Gasteiger partial charge in [0.05, 0.1) is 11.1 Å². The Kier molecular flexibility index (Phi) is 9.50. The maximum atomic E-state index is 12.2. The Labute approximate surface area is 180 Å². The van der Waals surface area contributed by atoms with Gasteiger partial charge in [0.2, 0.25) is 0 Å². The van der Waals surface area contributed by atoms with Crippen LogP contribution < -0.4 is 20.3 Å². The van der Waals surface area contributed by atoms with Gasteiger partial charge in [-0.2, -0.15) is 0 Å². The van der Waals surface area contributed by atoms with Crippen molar-refractivity contribution in [3.63, 3.8) is 0 Å². The lowest BCUT2D eigenvalue weighted by Crippen LogP contribution is -2.43. The summed E-state index contributed by atoms with van der Waals surface area (Å²) in [6.45, 7) is 4.51. The summed E-state index contributed by atoms with van der Waals surface area (Å²) in [5, 5.41) is 0. The van der Waals surface area contributed by atoms with Crippen molar-refractivity contribution in [1.82, 2.24) is 10.9 Å². The van der Waals surface area contributed by atoms with E-state index in [-0.39, 0.29) is 6.61 Å². The minimum Gasteiger partial charge on any atom is -0.492 e. The van der Waals surface area contributed by atoms with Crippen molar-refractivity contribution in [3.05, 3.63) is 58.1 Å². The molecule has 2 amide bonds. The number of carbonyl (C=O) groups excluding carboxylic acids is 2. The molecule has 0 aliphatic heterocycles. The molecule has 0 radical (unpaired) electrons. The van der Waals surface area contributed by atoms with Crippen LogP contribution in [-0.2, 0) is 4.79 Å². The zero-order valence-corrected chi connectivity index (χ0v) is 18.4. The van der Waals surface area contributed by atoms with Crippen molar-refractivity contribution in [2.45, 2.75) is 39.5 Å². The van der Waals surface area contributed by atoms with E-state index in [0.717, 1.165) is 18.4 Å². The molecule has 2 aromatic rings. The zero-order valence-electron chi connectivity index (χ0n) is 16.8. The highest BCUT2D eigenvalue weighted by atomic mass is 79.9. The predicted molar refractivity (Wildman–Crippen MR) is 116 cm³/mol. The van der Waals surface area contributed by atoms with E-state index in [1.165, 1.54) is 12.8 Å². The van der Waals surface area contributed by atoms with Gasteiger partial charge in [-0.25, -0.2) is 0 Å². The molecule has 156 valence electrons. The molecule has 0 fully saturated rings. The zero-order chi connectivity index (χ0) is 21.1. The van der Waals surface area contributed by atoms with Gasteiger partial charge in [-0.1, -0.05) is 44.4 Å². The SMILES string of the molecule is CCCCCCOc1ccc(C(=O)NNC(=O)COc2ccccc2C)cc1Br. The van der Waals surface area contributed by atoms with E-state index in [2.05, 4.69) is 33.7 Å². The molecule has 0 spiro atoms. The van der Waals surface area contributed by atoms with Crippen LogP contribution in [0, 0.1) is 6.92 Å². The van der Waals surface area contributed by atoms with Gasteiger partial charge in [-0.3, -0.25) is 20.4 Å². The van der Waals surface area contributed by atoms with E-state index in [1.54, 1.807) is 24.3 Å². The molecule has 0 aliphatic carbocycles. The molecule has 0 unspecified atom stereocenters. The van der Waals surface area contributed by atoms with Gasteiger partial charge in [-0.05, 0) is 59.1 Å². The first-order chi connectivity index (χ1) is 14.0. The number of halogens is 1. The molecule has 0 aromatic heterocycles. The highest BCUT2D eigenvalue weighted by Crippen LogP contribution is 2.26. The quantitative estimate of drug-likeness (QED) is 0.400. The fourth-order valence-electron chi connectivity index (χ4n) is 2.57. The standard InChI is InChI=1S/C22H27BrN2O4/c1-3-4-5-8-13-28-20-12-11-17(14-18(20)23)22(27)25-24-21(26)15-29-19-10-7-6-9-16(19)2/h6-7,9-12,14H,3-5,8,13,15H2,1-2H3,(H,24,26)(H,25,27). The molecule has 2 aromatic carbocycles. The number of carbonyl (C=O) groups is 2. The first-order valence-corrected chi connectivity index (χ1v) is 10.5. The van der Waals surface area contributed by atoms with Crippen molar-refractivity contribution in [3.8, 4) is 11.5 Å². The predicted octanol–water partition coefficient (Wildman–Crippen LogP) is 4.56. The van der Waals surface area contributed by atoms with Crippen LogP contribution >= 0.6 is 15.9 Å². The van der Waals surface area contributed by atoms with Gasteiger partial charge in [0.1, 0.15) is 11.5 Å². The molecule has 2 N–H and O–H groups in total. The lowest BCUT2D eigenvalue weighted by Gasteiger charge is -2.11. The fraction of sp³-hybridized carbons (Fsp3) is 0.364. The average Bonchev–Trinajstić information content (AvgIpc) is 2.72. The van der Waals surface area contributed by atoms with Crippen LogP contribution in [0.5, 0.6) is 11.5 Å². The number of unbranched alkanes of at least 4 members (excludes halogenated alkanes) is 3. The molecule has 0 aliphatic rings. The van der Waals surface area contributed by atoms with Crippen LogP contribution in [0.2, 0.25) is 0 Å². The Balaban J connectivity index is 1.77. The van der Waals surface area contributed by atoms with E-state index in [0.29, 0.717) is 28.1 Å². The van der Waals surface area contributed by atoms with Gasteiger partial charge in [-0.15, -0.1) is 0 Å². The Bertz CT molecular complexity index is 826. The summed E-state index contributed by atoms with van der Waals surface area (Å²) in [7, 11) is 0. The summed E-state index contributed by atoms with van der Waals surface area (Å²) in [6.07, 6.45) is 4.52. The smallest absolute Gasteiger partial charge is 0.276 e. The molecule has 6 nitrogen and oxygen atoms in total. The Morgan fingerprint density at radius 3 is 2.48 bits per heavy atom. The third kappa shape index (κ3) is 7.77. The second-order valence-corrected chi connectivity index (χ2v) is 7.47. The van der Waals surface area contributed by atoms with Crippen molar-refractivity contribution >= 4 is 27.7 Å². The largest absolute Gasteiger partial charge is 0.492 e.